The van der Waals surface area contributed by atoms with Gasteiger partial charge < -0.3 is 25.4 Å². The molecule has 1 aliphatic rings. The van der Waals surface area contributed by atoms with E-state index in [1.54, 1.807) is 7.05 Å². The third-order valence-corrected chi connectivity index (χ3v) is 4.90. The van der Waals surface area contributed by atoms with Crippen LogP contribution in [0.3, 0.4) is 0 Å². The second-order valence-corrected chi connectivity index (χ2v) is 7.12. The fraction of sp³-hybridized carbons (Fsp3) is 0.636. The highest BCUT2D eigenvalue weighted by Gasteiger charge is 2.16. The van der Waals surface area contributed by atoms with Crippen molar-refractivity contribution in [1.29, 1.82) is 0 Å². The Kier molecular flexibility index (Phi) is 10.2. The molecule has 3 N–H and O–H groups in total. The lowest BCUT2D eigenvalue weighted by molar-refractivity contribution is -0.121. The molecule has 0 unspecified atom stereocenters. The second-order valence-electron chi connectivity index (χ2n) is 7.12. The molecule has 1 amide bonds. The Morgan fingerprint density at radius 3 is 2.45 bits per heavy atom. The predicted octanol–water partition coefficient (Wildman–Crippen LogP) is 2.64. The molecule has 0 aromatic heterocycles. The van der Waals surface area contributed by atoms with E-state index >= 15 is 0 Å². The maximum Gasteiger partial charge on any atom is 0.221 e. The maximum absolute atomic E-state index is 12.0. The Morgan fingerprint density at radius 2 is 1.76 bits per heavy atom. The van der Waals surface area contributed by atoms with Crippen molar-refractivity contribution in [3.05, 3.63) is 23.8 Å². The van der Waals surface area contributed by atoms with Crippen molar-refractivity contribution in [2.24, 2.45) is 4.99 Å². The van der Waals surface area contributed by atoms with E-state index in [1.165, 1.54) is 12.8 Å². The van der Waals surface area contributed by atoms with Gasteiger partial charge in [-0.05, 0) is 50.8 Å². The van der Waals surface area contributed by atoms with E-state index in [2.05, 4.69) is 27.0 Å². The zero-order chi connectivity index (χ0) is 20.9. The monoisotopic (exact) mass is 404 g/mol. The zero-order valence-corrected chi connectivity index (χ0v) is 18.1. The molecule has 0 saturated heterocycles. The average molecular weight is 405 g/mol. The fourth-order valence-corrected chi connectivity index (χ4v) is 3.46. The molecule has 29 heavy (non-hydrogen) atoms. The summed E-state index contributed by atoms with van der Waals surface area (Å²) in [6.45, 7) is 6.44. The fourth-order valence-electron chi connectivity index (χ4n) is 3.46. The molecule has 1 aromatic carbocycles. The number of benzene rings is 1. The highest BCUT2D eigenvalue weighted by Crippen LogP contribution is 2.28. The van der Waals surface area contributed by atoms with Crippen LogP contribution in [0.4, 0.5) is 0 Å². The summed E-state index contributed by atoms with van der Waals surface area (Å²) in [5.41, 5.74) is 1.16. The van der Waals surface area contributed by atoms with Gasteiger partial charge in [-0.1, -0.05) is 18.9 Å². The summed E-state index contributed by atoms with van der Waals surface area (Å²) >= 11 is 0. The van der Waals surface area contributed by atoms with E-state index in [9.17, 15) is 4.79 Å². The largest absolute Gasteiger partial charge is 0.490 e. The first kappa shape index (κ1) is 22.8. The number of ether oxygens (including phenoxy) is 2. The molecule has 7 nitrogen and oxygen atoms in total. The van der Waals surface area contributed by atoms with Crippen LogP contribution in [0.1, 0.15) is 51.5 Å². The van der Waals surface area contributed by atoms with Crippen LogP contribution in [0.15, 0.2) is 23.2 Å². The van der Waals surface area contributed by atoms with Crippen molar-refractivity contribution in [2.75, 3.05) is 33.4 Å². The summed E-state index contributed by atoms with van der Waals surface area (Å²) in [7, 11) is 1.73. The van der Waals surface area contributed by atoms with Gasteiger partial charge in [-0.15, -0.1) is 0 Å². The Hall–Kier alpha value is -2.44. The summed E-state index contributed by atoms with van der Waals surface area (Å²) < 4.78 is 11.3. The maximum atomic E-state index is 12.0. The minimum atomic E-state index is 0.109. The molecule has 7 heteroatoms. The molecular weight excluding hydrogens is 368 g/mol. The molecule has 1 fully saturated rings. The van der Waals surface area contributed by atoms with Gasteiger partial charge in [-0.3, -0.25) is 9.79 Å². The van der Waals surface area contributed by atoms with Crippen LogP contribution in [0.5, 0.6) is 11.5 Å². The molecular formula is C22H36N4O3. The summed E-state index contributed by atoms with van der Waals surface area (Å²) in [6, 6.07) is 6.41. The van der Waals surface area contributed by atoms with Crippen LogP contribution < -0.4 is 25.4 Å². The third kappa shape index (κ3) is 8.21. The Labute approximate surface area is 174 Å². The minimum Gasteiger partial charge on any atom is -0.490 e. The van der Waals surface area contributed by atoms with Crippen molar-refractivity contribution in [3.8, 4) is 11.5 Å². The van der Waals surface area contributed by atoms with Crippen molar-refractivity contribution in [2.45, 2.75) is 58.4 Å². The second kappa shape index (κ2) is 12.9. The molecule has 2 rings (SSSR count). The molecule has 0 bridgehead atoms. The van der Waals surface area contributed by atoms with Crippen molar-refractivity contribution in [1.82, 2.24) is 16.0 Å². The van der Waals surface area contributed by atoms with Gasteiger partial charge >= 0.3 is 0 Å². The quantitative estimate of drug-likeness (QED) is 0.390. The first-order valence-electron chi connectivity index (χ1n) is 10.8. The number of rotatable bonds is 11. The molecule has 0 aliphatic heterocycles. The topological polar surface area (TPSA) is 84.0 Å². The lowest BCUT2D eigenvalue weighted by atomic mass is 10.1. The lowest BCUT2D eigenvalue weighted by Gasteiger charge is -2.15. The third-order valence-electron chi connectivity index (χ3n) is 4.90. The zero-order valence-electron chi connectivity index (χ0n) is 18.1. The number of aliphatic imine (C=N–C) groups is 1. The number of nitrogens with zero attached hydrogens (tertiary/aromatic N) is 1. The molecule has 0 spiro atoms. The summed E-state index contributed by atoms with van der Waals surface area (Å²) in [5, 5.41) is 9.60. The molecule has 1 aliphatic carbocycles. The smallest absolute Gasteiger partial charge is 0.221 e. The van der Waals surface area contributed by atoms with E-state index in [0.29, 0.717) is 38.2 Å². The highest BCUT2D eigenvalue weighted by molar-refractivity contribution is 5.81. The first-order chi connectivity index (χ1) is 14.2. The molecule has 0 atom stereocenters. The summed E-state index contributed by atoms with van der Waals surface area (Å²) in [6.07, 6.45) is 5.95. The normalized spacial score (nSPS) is 14.5. The standard InChI is InChI=1S/C22H36N4O3/c1-4-28-19-11-10-17(16-20(19)29-5-2)12-14-24-22(23-3)25-15-13-21(27)26-18-8-6-7-9-18/h10-11,16,18H,4-9,12-15H2,1-3H3,(H,26,27)(H2,23,24,25). The average Bonchev–Trinajstić information content (AvgIpc) is 3.22. The van der Waals surface area contributed by atoms with Crippen molar-refractivity contribution in [3.63, 3.8) is 0 Å². The molecule has 162 valence electrons. The predicted molar refractivity (Wildman–Crippen MR) is 117 cm³/mol. The highest BCUT2D eigenvalue weighted by atomic mass is 16.5. The van der Waals surface area contributed by atoms with Gasteiger partial charge in [-0.2, -0.15) is 0 Å². The summed E-state index contributed by atoms with van der Waals surface area (Å²) in [5.74, 6) is 2.37. The lowest BCUT2D eigenvalue weighted by Crippen LogP contribution is -2.41. The molecule has 1 saturated carbocycles. The van der Waals surface area contributed by atoms with E-state index in [0.717, 1.165) is 42.9 Å². The van der Waals surface area contributed by atoms with Crippen LogP contribution in [-0.2, 0) is 11.2 Å². The van der Waals surface area contributed by atoms with Gasteiger partial charge in [-0.25, -0.2) is 0 Å². The molecule has 0 heterocycles. The number of amides is 1. The Morgan fingerprint density at radius 1 is 1.07 bits per heavy atom. The van der Waals surface area contributed by atoms with Gasteiger partial charge in [0.15, 0.2) is 17.5 Å². The van der Waals surface area contributed by atoms with Crippen LogP contribution >= 0.6 is 0 Å². The van der Waals surface area contributed by atoms with Gasteiger partial charge in [0.05, 0.1) is 13.2 Å². The van der Waals surface area contributed by atoms with Gasteiger partial charge in [0.25, 0.3) is 0 Å². The Bertz CT molecular complexity index is 657. The van der Waals surface area contributed by atoms with Gasteiger partial charge in [0.1, 0.15) is 0 Å². The number of hydrogen-bond acceptors (Lipinski definition) is 4. The van der Waals surface area contributed by atoms with E-state index in [4.69, 9.17) is 9.47 Å². The number of guanidine groups is 1. The number of hydrogen-bond donors (Lipinski definition) is 3. The Balaban J connectivity index is 1.70. The number of carbonyl (C=O) groups is 1. The minimum absolute atomic E-state index is 0.109. The van der Waals surface area contributed by atoms with Gasteiger partial charge in [0, 0.05) is 32.6 Å². The van der Waals surface area contributed by atoms with Crippen LogP contribution in [0.2, 0.25) is 0 Å². The van der Waals surface area contributed by atoms with E-state index in [1.807, 2.05) is 26.0 Å². The SMILES string of the molecule is CCOc1ccc(CCNC(=NC)NCCC(=O)NC2CCCC2)cc1OCC. The van der Waals surface area contributed by atoms with Gasteiger partial charge in [0.2, 0.25) is 5.91 Å². The van der Waals surface area contributed by atoms with E-state index in [-0.39, 0.29) is 5.91 Å². The molecule has 0 radical (unpaired) electrons. The van der Waals surface area contributed by atoms with Crippen molar-refractivity contribution < 1.29 is 14.3 Å². The number of nitrogens with one attached hydrogen (secondary N) is 3. The van der Waals surface area contributed by atoms with Crippen LogP contribution in [-0.4, -0.2) is 51.3 Å². The van der Waals surface area contributed by atoms with E-state index < -0.39 is 0 Å². The van der Waals surface area contributed by atoms with Crippen LogP contribution in [0, 0.1) is 0 Å². The summed E-state index contributed by atoms with van der Waals surface area (Å²) in [4.78, 5) is 16.2. The van der Waals surface area contributed by atoms with Crippen molar-refractivity contribution >= 4 is 11.9 Å². The first-order valence-corrected chi connectivity index (χ1v) is 10.8. The number of carbonyl (C=O) groups excluding carboxylic acids is 1. The molecule has 1 aromatic rings. The van der Waals surface area contributed by atoms with Crippen LogP contribution in [0.25, 0.3) is 0 Å².